The molecule has 0 spiro atoms. The van der Waals surface area contributed by atoms with E-state index in [0.29, 0.717) is 0 Å². The maximum Gasteiger partial charge on any atom is 0.286 e. The minimum Gasteiger partial charge on any atom is -1.00 e. The second-order valence-electron chi connectivity index (χ2n) is 5.35. The predicted molar refractivity (Wildman–Crippen MR) is 73.4 cm³/mol. The molecule has 0 aromatic carbocycles. The van der Waals surface area contributed by atoms with E-state index in [1.807, 2.05) is 0 Å². The van der Waals surface area contributed by atoms with E-state index < -0.39 is 0 Å². The molecule has 1 aliphatic rings. The van der Waals surface area contributed by atoms with Crippen LogP contribution >= 0.6 is 0 Å². The van der Waals surface area contributed by atoms with Crippen LogP contribution in [-0.4, -0.2) is 9.13 Å². The maximum absolute atomic E-state index is 2.40. The first-order chi connectivity index (χ1) is 9.90. The number of pyridine rings is 2. The topological polar surface area (TPSA) is 18.1 Å². The van der Waals surface area contributed by atoms with Crippen molar-refractivity contribution in [3.05, 3.63) is 72.6 Å². The van der Waals surface area contributed by atoms with Gasteiger partial charge in [0, 0.05) is 12.1 Å². The largest absolute Gasteiger partial charge is 1.00 e. The van der Waals surface area contributed by atoms with Gasteiger partial charge in [-0.3, -0.25) is 0 Å². The maximum atomic E-state index is 2.40. The van der Waals surface area contributed by atoms with Crippen LogP contribution in [0.15, 0.2) is 61.2 Å². The Bertz CT molecular complexity index is 891. The van der Waals surface area contributed by atoms with Gasteiger partial charge in [-0.2, -0.15) is 0 Å². The number of hydrogen-bond donors (Lipinski definition) is 0. The molecule has 0 bridgehead atoms. The number of fused-ring (bicyclic) bond motifs is 6. The zero-order valence-electron chi connectivity index (χ0n) is 11.7. The number of rotatable bonds is 0. The normalized spacial score (nSPS) is 12.4. The molecule has 0 atom stereocenters. The fourth-order valence-corrected chi connectivity index (χ4v) is 3.27. The Hall–Kier alpha value is -1.66. The third-order valence-corrected chi connectivity index (χ3v) is 4.20. The molecule has 4 aromatic heterocycles. The lowest BCUT2D eigenvalue weighted by Crippen LogP contribution is -3.00. The summed E-state index contributed by atoms with van der Waals surface area (Å²) in [5, 5.41) is 0. The number of imidazole rings is 2. The molecule has 0 unspecified atom stereocenters. The smallest absolute Gasteiger partial charge is 0.286 e. The first-order valence-corrected chi connectivity index (χ1v) is 6.87. The molecule has 112 valence electrons. The fraction of sp³-hybridized carbons (Fsp3) is 0.125. The number of hydrogen-bond acceptors (Lipinski definition) is 0. The Morgan fingerprint density at radius 1 is 0.682 bits per heavy atom. The van der Waals surface area contributed by atoms with Crippen LogP contribution in [0, 0.1) is 0 Å². The molecule has 4 aromatic rings. The van der Waals surface area contributed by atoms with Crippen molar-refractivity contribution in [1.29, 1.82) is 0 Å². The minimum absolute atomic E-state index is 0. The molecule has 0 aliphatic carbocycles. The molecule has 4 nitrogen and oxygen atoms in total. The van der Waals surface area contributed by atoms with E-state index in [4.69, 9.17) is 0 Å². The van der Waals surface area contributed by atoms with E-state index in [0.717, 1.165) is 13.1 Å². The molecule has 0 saturated carbocycles. The van der Waals surface area contributed by atoms with Crippen molar-refractivity contribution in [3.63, 3.8) is 0 Å². The van der Waals surface area contributed by atoms with Gasteiger partial charge in [0.05, 0.1) is 12.4 Å². The van der Waals surface area contributed by atoms with Crippen LogP contribution in [-0.2, 0) is 13.1 Å². The molecule has 0 radical (unpaired) electrons. The van der Waals surface area contributed by atoms with Gasteiger partial charge in [-0.1, -0.05) is 12.1 Å². The van der Waals surface area contributed by atoms with E-state index in [2.05, 4.69) is 79.1 Å². The molecular weight excluding hydrogens is 408 g/mol. The van der Waals surface area contributed by atoms with Gasteiger partial charge in [0.1, 0.15) is 12.4 Å². The first kappa shape index (κ1) is 15.2. The molecule has 22 heavy (non-hydrogen) atoms. The summed E-state index contributed by atoms with van der Waals surface area (Å²) in [5.41, 5.74) is 5.21. The molecule has 0 N–H and O–H groups in total. The van der Waals surface area contributed by atoms with Crippen LogP contribution in [0.3, 0.4) is 0 Å². The lowest BCUT2D eigenvalue weighted by molar-refractivity contribution is -0.511. The summed E-state index contributed by atoms with van der Waals surface area (Å²) < 4.78 is 9.21. The zero-order valence-corrected chi connectivity index (χ0v) is 14.9. The Morgan fingerprint density at radius 3 is 1.59 bits per heavy atom. The van der Waals surface area contributed by atoms with Gasteiger partial charge in [-0.05, 0) is 12.1 Å². The number of halogens is 2. The van der Waals surface area contributed by atoms with Crippen molar-refractivity contribution in [2.45, 2.75) is 13.1 Å². The van der Waals surface area contributed by atoms with E-state index in [-0.39, 0.29) is 34.0 Å². The van der Waals surface area contributed by atoms with Crippen LogP contribution in [0.1, 0.15) is 11.4 Å². The average molecular weight is 422 g/mol. The zero-order chi connectivity index (χ0) is 13.1. The summed E-state index contributed by atoms with van der Waals surface area (Å²) in [6.45, 7) is 1.86. The molecule has 6 heteroatoms. The van der Waals surface area contributed by atoms with Gasteiger partial charge >= 0.3 is 0 Å². The fourth-order valence-electron chi connectivity index (χ4n) is 3.27. The summed E-state index contributed by atoms with van der Waals surface area (Å²) >= 11 is 0. The van der Waals surface area contributed by atoms with Gasteiger partial charge in [0.25, 0.3) is 11.3 Å². The van der Waals surface area contributed by atoms with Gasteiger partial charge in [0.2, 0.25) is 0 Å². The Kier molecular flexibility index (Phi) is 3.82. The van der Waals surface area contributed by atoms with Crippen LogP contribution < -0.4 is 42.8 Å². The van der Waals surface area contributed by atoms with Crippen molar-refractivity contribution in [2.75, 3.05) is 0 Å². The van der Waals surface area contributed by atoms with Crippen LogP contribution in [0.5, 0.6) is 0 Å². The monoisotopic (exact) mass is 420 g/mol. The van der Waals surface area contributed by atoms with Gasteiger partial charge < -0.3 is 34.0 Å². The third kappa shape index (κ3) is 2.01. The molecule has 0 amide bonds. The van der Waals surface area contributed by atoms with Crippen molar-refractivity contribution in [3.8, 4) is 0 Å². The van der Waals surface area contributed by atoms with Gasteiger partial charge in [-0.15, -0.1) is 0 Å². The van der Waals surface area contributed by atoms with Gasteiger partial charge in [0.15, 0.2) is 24.5 Å². The van der Waals surface area contributed by atoms with Crippen molar-refractivity contribution in [2.24, 2.45) is 0 Å². The SMILES string of the molecule is [Br-].[Br-].c1cc[n+]2cc3n(c2c1)Cc1c[n+]2ccccc2n1C3. The summed E-state index contributed by atoms with van der Waals surface area (Å²) in [7, 11) is 0. The molecule has 5 rings (SSSR count). The Balaban J connectivity index is 0.000000720. The van der Waals surface area contributed by atoms with Crippen LogP contribution in [0.4, 0.5) is 0 Å². The molecule has 1 aliphatic heterocycles. The van der Waals surface area contributed by atoms with E-state index in [1.165, 1.54) is 22.7 Å². The second-order valence-corrected chi connectivity index (χ2v) is 5.35. The number of nitrogens with zero attached hydrogens (tertiary/aromatic N) is 4. The molecule has 0 fully saturated rings. The standard InChI is InChI=1S/C16H14N4.2BrH/c1-3-7-17-9-13-12-20-14(11-19(13)15(17)5-1)10-18-8-4-2-6-16(18)20;;/h1-10H,11-12H2;2*1H/q+2;;/p-2. The summed E-state index contributed by atoms with van der Waals surface area (Å²) in [5.74, 6) is 0. The van der Waals surface area contributed by atoms with Gasteiger partial charge in [-0.25, -0.2) is 17.9 Å². The Labute approximate surface area is 148 Å². The van der Waals surface area contributed by atoms with Crippen LogP contribution in [0.2, 0.25) is 0 Å². The minimum atomic E-state index is 0. The number of aromatic nitrogens is 4. The van der Waals surface area contributed by atoms with Crippen molar-refractivity contribution >= 4 is 11.3 Å². The van der Waals surface area contributed by atoms with E-state index in [9.17, 15) is 0 Å². The predicted octanol–water partition coefficient (Wildman–Crippen LogP) is -4.81. The summed E-state index contributed by atoms with van der Waals surface area (Å²) in [6, 6.07) is 12.7. The highest BCUT2D eigenvalue weighted by Gasteiger charge is 2.30. The summed E-state index contributed by atoms with van der Waals surface area (Å²) in [6.07, 6.45) is 8.70. The van der Waals surface area contributed by atoms with E-state index >= 15 is 0 Å². The molecule has 0 saturated heterocycles. The quantitative estimate of drug-likeness (QED) is 0.223. The summed E-state index contributed by atoms with van der Waals surface area (Å²) in [4.78, 5) is 0. The molecule has 5 heterocycles. The lowest BCUT2D eigenvalue weighted by Gasteiger charge is -2.07. The Morgan fingerprint density at radius 2 is 1.14 bits per heavy atom. The third-order valence-electron chi connectivity index (χ3n) is 4.20. The lowest BCUT2D eigenvalue weighted by atomic mass is 10.3. The first-order valence-electron chi connectivity index (χ1n) is 6.87. The highest BCUT2D eigenvalue weighted by atomic mass is 79.9. The second kappa shape index (κ2) is 5.52. The van der Waals surface area contributed by atoms with E-state index in [1.54, 1.807) is 0 Å². The van der Waals surface area contributed by atoms with Crippen molar-refractivity contribution in [1.82, 2.24) is 9.13 Å². The molecular formula is C16H14Br2N4. The highest BCUT2D eigenvalue weighted by Crippen LogP contribution is 2.19. The van der Waals surface area contributed by atoms with Crippen molar-refractivity contribution < 1.29 is 42.8 Å². The highest BCUT2D eigenvalue weighted by molar-refractivity contribution is 5.39. The van der Waals surface area contributed by atoms with Crippen LogP contribution in [0.25, 0.3) is 11.3 Å². The average Bonchev–Trinajstić information content (AvgIpc) is 3.02.